The second-order valence-corrected chi connectivity index (χ2v) is 7.03. The van der Waals surface area contributed by atoms with Gasteiger partial charge in [-0.05, 0) is 50.4 Å². The first-order valence-corrected chi connectivity index (χ1v) is 8.29. The molecule has 2 aromatic rings. The molecule has 1 atom stereocenters. The van der Waals surface area contributed by atoms with Crippen LogP contribution in [0.1, 0.15) is 42.7 Å². The Morgan fingerprint density at radius 2 is 2.19 bits per heavy atom. The Morgan fingerprint density at radius 1 is 1.48 bits per heavy atom. The van der Waals surface area contributed by atoms with Gasteiger partial charge in [0, 0.05) is 17.3 Å². The molecular formula is C14H17N3O2S2. The SMILES string of the molecule is CC(CC(N)=O)n1c(=S)[nH]c2sc3c(c2c1=O)CCCC3. The second-order valence-electron chi connectivity index (χ2n) is 5.54. The molecule has 112 valence electrons. The maximum absolute atomic E-state index is 12.8. The van der Waals surface area contributed by atoms with Crippen molar-refractivity contribution in [2.24, 2.45) is 5.73 Å². The lowest BCUT2D eigenvalue weighted by Crippen LogP contribution is -2.28. The molecule has 1 amide bonds. The van der Waals surface area contributed by atoms with Crippen molar-refractivity contribution < 1.29 is 4.79 Å². The number of hydrogen-bond donors (Lipinski definition) is 2. The number of aromatic nitrogens is 2. The van der Waals surface area contributed by atoms with Gasteiger partial charge in [-0.3, -0.25) is 14.2 Å². The minimum absolute atomic E-state index is 0.0955. The van der Waals surface area contributed by atoms with E-state index in [1.165, 1.54) is 15.9 Å². The van der Waals surface area contributed by atoms with E-state index in [0.29, 0.717) is 4.77 Å². The number of aromatic amines is 1. The van der Waals surface area contributed by atoms with E-state index in [4.69, 9.17) is 18.0 Å². The van der Waals surface area contributed by atoms with Gasteiger partial charge in [0.15, 0.2) is 4.77 Å². The first kappa shape index (κ1) is 14.5. The molecule has 3 rings (SSSR count). The molecule has 0 aliphatic heterocycles. The van der Waals surface area contributed by atoms with Crippen LogP contribution in [0.15, 0.2) is 4.79 Å². The number of nitrogens with one attached hydrogen (secondary N) is 1. The summed E-state index contributed by atoms with van der Waals surface area (Å²) in [5.41, 5.74) is 6.31. The van der Waals surface area contributed by atoms with E-state index in [2.05, 4.69) is 4.98 Å². The maximum Gasteiger partial charge on any atom is 0.263 e. The Balaban J connectivity index is 2.25. The Bertz CT molecular complexity index is 831. The van der Waals surface area contributed by atoms with Gasteiger partial charge in [0.2, 0.25) is 5.91 Å². The average molecular weight is 323 g/mol. The van der Waals surface area contributed by atoms with Crippen LogP contribution in [0.4, 0.5) is 0 Å². The molecule has 0 bridgehead atoms. The molecule has 0 aromatic carbocycles. The van der Waals surface area contributed by atoms with Gasteiger partial charge in [0.05, 0.1) is 5.39 Å². The van der Waals surface area contributed by atoms with Crippen LogP contribution in [-0.4, -0.2) is 15.5 Å². The van der Waals surface area contributed by atoms with E-state index in [0.717, 1.165) is 35.0 Å². The summed E-state index contributed by atoms with van der Waals surface area (Å²) in [6.45, 7) is 1.79. The van der Waals surface area contributed by atoms with Gasteiger partial charge < -0.3 is 10.7 Å². The van der Waals surface area contributed by atoms with E-state index >= 15 is 0 Å². The third-order valence-electron chi connectivity index (χ3n) is 3.98. The Labute approximate surface area is 130 Å². The minimum atomic E-state index is -0.434. The molecule has 0 saturated heterocycles. The van der Waals surface area contributed by atoms with Gasteiger partial charge in [0.25, 0.3) is 5.56 Å². The normalized spacial score (nSPS) is 15.9. The van der Waals surface area contributed by atoms with Crippen LogP contribution in [0, 0.1) is 4.77 Å². The van der Waals surface area contributed by atoms with Crippen LogP contribution in [0.5, 0.6) is 0 Å². The number of H-pyrrole nitrogens is 1. The highest BCUT2D eigenvalue weighted by atomic mass is 32.1. The van der Waals surface area contributed by atoms with E-state index in [9.17, 15) is 9.59 Å². The molecule has 0 spiro atoms. The number of aryl methyl sites for hydroxylation is 2. The molecule has 5 nitrogen and oxygen atoms in total. The lowest BCUT2D eigenvalue weighted by molar-refractivity contribution is -0.118. The van der Waals surface area contributed by atoms with E-state index in [-0.39, 0.29) is 18.0 Å². The summed E-state index contributed by atoms with van der Waals surface area (Å²) in [5, 5.41) is 0.750. The lowest BCUT2D eigenvalue weighted by atomic mass is 9.97. The van der Waals surface area contributed by atoms with E-state index in [1.807, 2.05) is 0 Å². The second kappa shape index (κ2) is 5.38. The first-order chi connectivity index (χ1) is 9.99. The molecule has 0 fully saturated rings. The summed E-state index contributed by atoms with van der Waals surface area (Å²) in [4.78, 5) is 29.3. The summed E-state index contributed by atoms with van der Waals surface area (Å²) in [7, 11) is 0. The minimum Gasteiger partial charge on any atom is -0.370 e. The van der Waals surface area contributed by atoms with Crippen molar-refractivity contribution in [2.45, 2.75) is 45.1 Å². The predicted molar refractivity (Wildman–Crippen MR) is 86.4 cm³/mol. The summed E-state index contributed by atoms with van der Waals surface area (Å²) in [6, 6.07) is -0.331. The molecule has 1 aliphatic carbocycles. The maximum atomic E-state index is 12.8. The number of fused-ring (bicyclic) bond motifs is 3. The number of rotatable bonds is 3. The third kappa shape index (κ3) is 2.44. The highest BCUT2D eigenvalue weighted by Gasteiger charge is 2.21. The number of nitrogens with zero attached hydrogens (tertiary/aromatic N) is 1. The predicted octanol–water partition coefficient (Wildman–Crippen LogP) is 2.44. The number of thiophene rings is 1. The van der Waals surface area contributed by atoms with Crippen molar-refractivity contribution >= 4 is 39.7 Å². The summed E-state index contributed by atoms with van der Waals surface area (Å²) >= 11 is 6.93. The molecule has 1 aliphatic rings. The zero-order chi connectivity index (χ0) is 15.1. The number of hydrogen-bond acceptors (Lipinski definition) is 4. The molecule has 2 heterocycles. The quantitative estimate of drug-likeness (QED) is 0.851. The first-order valence-electron chi connectivity index (χ1n) is 7.06. The molecule has 3 N–H and O–H groups in total. The summed E-state index contributed by atoms with van der Waals surface area (Å²) < 4.78 is 1.85. The van der Waals surface area contributed by atoms with Crippen LogP contribution in [0.2, 0.25) is 0 Å². The summed E-state index contributed by atoms with van der Waals surface area (Å²) in [5.74, 6) is -0.434. The van der Waals surface area contributed by atoms with Crippen LogP contribution in [-0.2, 0) is 17.6 Å². The standard InChI is InChI=1S/C14H17N3O2S2/c1-7(6-10(15)18)17-13(19)11-8-4-2-3-5-9(8)21-12(11)16-14(17)20/h7H,2-6H2,1H3,(H2,15,18)(H,16,20). The Morgan fingerprint density at radius 3 is 2.90 bits per heavy atom. The van der Waals surface area contributed by atoms with Crippen LogP contribution in [0.25, 0.3) is 10.2 Å². The van der Waals surface area contributed by atoms with Gasteiger partial charge in [0.1, 0.15) is 4.83 Å². The van der Waals surface area contributed by atoms with Gasteiger partial charge in [-0.15, -0.1) is 11.3 Å². The van der Waals surface area contributed by atoms with Gasteiger partial charge >= 0.3 is 0 Å². The Hall–Kier alpha value is -1.47. The van der Waals surface area contributed by atoms with Crippen molar-refractivity contribution in [2.75, 3.05) is 0 Å². The molecular weight excluding hydrogens is 306 g/mol. The molecule has 2 aromatic heterocycles. The fourth-order valence-electron chi connectivity index (χ4n) is 3.03. The van der Waals surface area contributed by atoms with Crippen molar-refractivity contribution in [1.29, 1.82) is 0 Å². The molecule has 1 unspecified atom stereocenters. The highest BCUT2D eigenvalue weighted by molar-refractivity contribution is 7.71. The Kier molecular flexibility index (Phi) is 3.71. The van der Waals surface area contributed by atoms with Crippen LogP contribution in [0.3, 0.4) is 0 Å². The van der Waals surface area contributed by atoms with E-state index in [1.54, 1.807) is 18.3 Å². The third-order valence-corrected chi connectivity index (χ3v) is 5.49. The zero-order valence-corrected chi connectivity index (χ0v) is 13.4. The fraction of sp³-hybridized carbons (Fsp3) is 0.500. The van der Waals surface area contributed by atoms with Gasteiger partial charge in [-0.2, -0.15) is 0 Å². The number of nitrogens with two attached hydrogens (primary N) is 1. The van der Waals surface area contributed by atoms with Gasteiger partial charge in [-0.1, -0.05) is 0 Å². The lowest BCUT2D eigenvalue weighted by Gasteiger charge is -2.14. The molecule has 21 heavy (non-hydrogen) atoms. The van der Waals surface area contributed by atoms with Crippen molar-refractivity contribution in [3.8, 4) is 0 Å². The van der Waals surface area contributed by atoms with E-state index < -0.39 is 5.91 Å². The van der Waals surface area contributed by atoms with Crippen molar-refractivity contribution in [3.05, 3.63) is 25.6 Å². The molecule has 0 radical (unpaired) electrons. The fourth-order valence-corrected chi connectivity index (χ4v) is 4.74. The topological polar surface area (TPSA) is 80.9 Å². The number of primary amides is 1. The number of amides is 1. The monoisotopic (exact) mass is 323 g/mol. The molecule has 0 saturated carbocycles. The van der Waals surface area contributed by atoms with Gasteiger partial charge in [-0.25, -0.2) is 0 Å². The largest absolute Gasteiger partial charge is 0.370 e. The number of carbonyl (C=O) groups excluding carboxylic acids is 1. The van der Waals surface area contributed by atoms with Crippen LogP contribution >= 0.6 is 23.6 Å². The molecule has 7 heteroatoms. The smallest absolute Gasteiger partial charge is 0.263 e. The zero-order valence-electron chi connectivity index (χ0n) is 11.8. The summed E-state index contributed by atoms with van der Waals surface area (Å²) in [6.07, 6.45) is 4.37. The number of carbonyl (C=O) groups is 1. The average Bonchev–Trinajstić information content (AvgIpc) is 2.75. The highest BCUT2D eigenvalue weighted by Crippen LogP contribution is 2.33. The van der Waals surface area contributed by atoms with Crippen molar-refractivity contribution in [3.63, 3.8) is 0 Å². The van der Waals surface area contributed by atoms with Crippen LogP contribution < -0.4 is 11.3 Å². The van der Waals surface area contributed by atoms with Crippen molar-refractivity contribution in [1.82, 2.24) is 9.55 Å².